The van der Waals surface area contributed by atoms with Crippen molar-refractivity contribution in [2.75, 3.05) is 24.7 Å². The van der Waals surface area contributed by atoms with Crippen molar-refractivity contribution in [3.8, 4) is 11.1 Å². The Balaban J connectivity index is 0.000000351. The zero-order valence-electron chi connectivity index (χ0n) is 30.8. The van der Waals surface area contributed by atoms with Gasteiger partial charge in [-0.25, -0.2) is 4.39 Å². The number of halogens is 2. The fourth-order valence-corrected chi connectivity index (χ4v) is 6.40. The zero-order chi connectivity index (χ0) is 38.5. The van der Waals surface area contributed by atoms with Crippen LogP contribution in [0.1, 0.15) is 72.6 Å². The molecule has 5 rings (SSSR count). The van der Waals surface area contributed by atoms with E-state index in [0.717, 1.165) is 52.9 Å². The Bertz CT molecular complexity index is 1940. The molecule has 0 radical (unpaired) electrons. The number of aryl methyl sites for hydroxylation is 2. The second-order valence-corrected chi connectivity index (χ2v) is 16.1. The molecule has 1 amide bonds. The van der Waals surface area contributed by atoms with E-state index < -0.39 is 15.9 Å². The highest BCUT2D eigenvalue weighted by Gasteiger charge is 2.26. The molecule has 1 unspecified atom stereocenters. The molecule has 1 aliphatic rings. The lowest BCUT2D eigenvalue weighted by molar-refractivity contribution is -0.115. The monoisotopic (exact) mass is 748 g/mol. The Labute approximate surface area is 313 Å². The number of nitrogens with one attached hydrogen (secondary N) is 2. The Morgan fingerprint density at radius 3 is 2.12 bits per heavy atom. The van der Waals surface area contributed by atoms with Crippen LogP contribution in [0.25, 0.3) is 16.7 Å². The summed E-state index contributed by atoms with van der Waals surface area (Å²) >= 11 is 6.03. The van der Waals surface area contributed by atoms with E-state index in [1.54, 1.807) is 19.2 Å². The lowest BCUT2D eigenvalue weighted by atomic mass is 9.72. The van der Waals surface area contributed by atoms with Crippen LogP contribution >= 0.6 is 11.6 Å². The topological polar surface area (TPSA) is 113 Å². The number of benzene rings is 4. The van der Waals surface area contributed by atoms with E-state index in [4.69, 9.17) is 16.2 Å². The second kappa shape index (κ2) is 19.6. The van der Waals surface area contributed by atoms with Crippen molar-refractivity contribution < 1.29 is 27.0 Å². The first-order chi connectivity index (χ1) is 24.5. The van der Waals surface area contributed by atoms with Crippen LogP contribution in [-0.4, -0.2) is 44.5 Å². The first-order valence-electron chi connectivity index (χ1n) is 17.2. The molecule has 1 aliphatic carbocycles. The maximum Gasteiger partial charge on any atom is 0.266 e. The van der Waals surface area contributed by atoms with Gasteiger partial charge < -0.3 is 10.6 Å². The predicted octanol–water partition coefficient (Wildman–Crippen LogP) is 9.77. The maximum absolute atomic E-state index is 14.8. The van der Waals surface area contributed by atoms with E-state index in [2.05, 4.69) is 49.6 Å². The summed E-state index contributed by atoms with van der Waals surface area (Å²) in [4.78, 5) is 22.7. The molecule has 278 valence electrons. The molecule has 0 aliphatic heterocycles. The van der Waals surface area contributed by atoms with Crippen molar-refractivity contribution in [3.63, 3.8) is 0 Å². The van der Waals surface area contributed by atoms with Crippen LogP contribution < -0.4 is 10.6 Å². The minimum absolute atomic E-state index is 0.183. The number of carbonyl (C=O) groups excluding carboxylic acids is 2. The lowest BCUT2D eigenvalue weighted by Crippen LogP contribution is -2.21. The van der Waals surface area contributed by atoms with Crippen molar-refractivity contribution in [1.29, 1.82) is 0 Å². The summed E-state index contributed by atoms with van der Waals surface area (Å²) in [6, 6.07) is 26.0. The van der Waals surface area contributed by atoms with Crippen molar-refractivity contribution in [3.05, 3.63) is 130 Å². The molecule has 0 bridgehead atoms. The third-order valence-electron chi connectivity index (χ3n) is 8.89. The number of hydrogen-bond donors (Lipinski definition) is 3. The van der Waals surface area contributed by atoms with Crippen molar-refractivity contribution in [2.24, 2.45) is 11.3 Å². The molecule has 0 saturated heterocycles. The molecule has 7 nitrogen and oxygen atoms in total. The Hall–Kier alpha value is -4.15. The van der Waals surface area contributed by atoms with E-state index in [0.29, 0.717) is 17.0 Å². The summed E-state index contributed by atoms with van der Waals surface area (Å²) in [6.45, 7) is 11.2. The van der Waals surface area contributed by atoms with Gasteiger partial charge in [0, 0.05) is 17.1 Å². The van der Waals surface area contributed by atoms with E-state index in [-0.39, 0.29) is 23.8 Å². The Morgan fingerprint density at radius 2 is 1.62 bits per heavy atom. The van der Waals surface area contributed by atoms with Gasteiger partial charge in [0.05, 0.1) is 17.9 Å². The van der Waals surface area contributed by atoms with Gasteiger partial charge in [0.2, 0.25) is 5.91 Å². The van der Waals surface area contributed by atoms with Gasteiger partial charge in [-0.05, 0) is 109 Å². The summed E-state index contributed by atoms with van der Waals surface area (Å²) in [5, 5.41) is 5.94. The van der Waals surface area contributed by atoms with Crippen LogP contribution in [0.5, 0.6) is 0 Å². The Morgan fingerprint density at radius 1 is 0.962 bits per heavy atom. The fraction of sp³-hybridized carbons (Fsp3) is 0.333. The van der Waals surface area contributed by atoms with Gasteiger partial charge in [-0.2, -0.15) is 8.42 Å². The van der Waals surface area contributed by atoms with Crippen molar-refractivity contribution in [1.82, 2.24) is 5.32 Å². The SMILES string of the molecule is CNCCS(=O)(=O)O.Cc1cc(Cl)ccc1-c1ccc(NC(=O)Cc2ccc(C3=CCC(C(C)(C)C)CC3)cc2)c(F)c1.Cc1ccc(C=O)cc1. The number of aldehydes is 1. The molecular formula is C42H50ClFN2O5S. The highest BCUT2D eigenvalue weighted by Crippen LogP contribution is 2.39. The summed E-state index contributed by atoms with van der Waals surface area (Å²) < 4.78 is 42.7. The fourth-order valence-electron chi connectivity index (χ4n) is 5.71. The van der Waals surface area contributed by atoms with Crippen LogP contribution in [0.3, 0.4) is 0 Å². The highest BCUT2D eigenvalue weighted by molar-refractivity contribution is 7.85. The minimum Gasteiger partial charge on any atom is -0.323 e. The normalized spacial score (nSPS) is 14.2. The van der Waals surface area contributed by atoms with Crippen LogP contribution in [-0.2, 0) is 21.3 Å². The summed E-state index contributed by atoms with van der Waals surface area (Å²) in [5.41, 5.74) is 8.58. The second-order valence-electron chi connectivity index (χ2n) is 14.1. The molecule has 0 aromatic heterocycles. The molecule has 52 heavy (non-hydrogen) atoms. The number of amides is 1. The molecule has 4 aromatic carbocycles. The molecule has 3 N–H and O–H groups in total. The number of allylic oxidation sites excluding steroid dienone is 2. The molecule has 0 spiro atoms. The molecule has 0 heterocycles. The summed E-state index contributed by atoms with van der Waals surface area (Å²) in [7, 11) is -2.13. The van der Waals surface area contributed by atoms with Crippen LogP contribution in [0.2, 0.25) is 5.02 Å². The summed E-state index contributed by atoms with van der Waals surface area (Å²) in [6.07, 6.45) is 6.83. The van der Waals surface area contributed by atoms with Gasteiger partial charge in [-0.1, -0.05) is 105 Å². The van der Waals surface area contributed by atoms with Gasteiger partial charge in [-0.3, -0.25) is 14.1 Å². The molecule has 0 saturated carbocycles. The predicted molar refractivity (Wildman–Crippen MR) is 212 cm³/mol. The molecule has 4 aromatic rings. The number of anilines is 1. The summed E-state index contributed by atoms with van der Waals surface area (Å²) in [5.74, 6) is -0.196. The molecule has 10 heteroatoms. The van der Waals surface area contributed by atoms with Gasteiger partial charge in [0.15, 0.2) is 0 Å². The van der Waals surface area contributed by atoms with Crippen LogP contribution in [0.15, 0.2) is 91.0 Å². The highest BCUT2D eigenvalue weighted by atomic mass is 35.5. The third kappa shape index (κ3) is 14.1. The molecular weight excluding hydrogens is 699 g/mol. The molecule has 1 atom stereocenters. The van der Waals surface area contributed by atoms with E-state index >= 15 is 0 Å². The lowest BCUT2D eigenvalue weighted by Gasteiger charge is -2.33. The number of carbonyl (C=O) groups is 2. The zero-order valence-corrected chi connectivity index (χ0v) is 32.4. The standard InChI is InChI=1S/C31H33ClFNO.C8H8O.C3H9NO3S/c1-20-17-26(32)14-15-27(20)24-11-16-29(28(33)19-24)34-30(35)18-21-5-7-22(8-6-21)23-9-12-25(13-10-23)31(2,3)4;1-7-2-4-8(6-9)5-3-7;1-4-2-3-8(5,6)7/h5-9,11,14-17,19,25H,10,12-13,18H2,1-4H3,(H,34,35);2-6H,1H3;4H,2-3H2,1H3,(H,5,6,7). The minimum atomic E-state index is -3.75. The average Bonchev–Trinajstić information content (AvgIpc) is 3.09. The van der Waals surface area contributed by atoms with Gasteiger partial charge >= 0.3 is 0 Å². The van der Waals surface area contributed by atoms with Crippen LogP contribution in [0.4, 0.5) is 10.1 Å². The van der Waals surface area contributed by atoms with E-state index in [1.807, 2.05) is 68.4 Å². The molecule has 0 fully saturated rings. The van der Waals surface area contributed by atoms with Gasteiger partial charge in [0.25, 0.3) is 10.1 Å². The maximum atomic E-state index is 14.8. The van der Waals surface area contributed by atoms with Gasteiger partial charge in [-0.15, -0.1) is 0 Å². The Kier molecular flexibility index (Phi) is 15.9. The van der Waals surface area contributed by atoms with E-state index in [9.17, 15) is 22.4 Å². The van der Waals surface area contributed by atoms with Crippen molar-refractivity contribution in [2.45, 2.75) is 60.3 Å². The number of hydrogen-bond acceptors (Lipinski definition) is 5. The third-order valence-corrected chi connectivity index (χ3v) is 9.85. The van der Waals surface area contributed by atoms with Crippen LogP contribution in [0, 0.1) is 31.0 Å². The van der Waals surface area contributed by atoms with Crippen molar-refractivity contribution >= 4 is 45.2 Å². The van der Waals surface area contributed by atoms with E-state index in [1.165, 1.54) is 29.2 Å². The smallest absolute Gasteiger partial charge is 0.266 e. The first-order valence-corrected chi connectivity index (χ1v) is 19.2. The van der Waals surface area contributed by atoms with Gasteiger partial charge in [0.1, 0.15) is 12.1 Å². The first kappa shape index (κ1) is 42.3. The number of rotatable bonds is 9. The average molecular weight is 749 g/mol. The largest absolute Gasteiger partial charge is 0.323 e. The quantitative estimate of drug-likeness (QED) is 0.116.